The van der Waals surface area contributed by atoms with Crippen LogP contribution in [0.3, 0.4) is 0 Å². The number of halogens is 1. The summed E-state index contributed by atoms with van der Waals surface area (Å²) in [6.07, 6.45) is 3.50. The lowest BCUT2D eigenvalue weighted by atomic mass is 10.1. The van der Waals surface area contributed by atoms with Crippen LogP contribution in [0, 0.1) is 5.82 Å². The molecule has 0 atom stereocenters. The van der Waals surface area contributed by atoms with Crippen LogP contribution in [0.2, 0.25) is 0 Å². The van der Waals surface area contributed by atoms with Gasteiger partial charge < -0.3 is 4.98 Å². The second-order valence-electron chi connectivity index (χ2n) is 3.58. The largest absolute Gasteiger partial charge is 0.346 e. The van der Waals surface area contributed by atoms with Crippen molar-refractivity contribution in [3.05, 3.63) is 54.6 Å². The topological polar surface area (TPSA) is 28.7 Å². The highest BCUT2D eigenvalue weighted by atomic mass is 19.1. The third kappa shape index (κ3) is 1.29. The van der Waals surface area contributed by atoms with E-state index in [-0.39, 0.29) is 5.82 Å². The molecular weight excluding hydrogens is 203 g/mol. The molecule has 0 aliphatic carbocycles. The van der Waals surface area contributed by atoms with E-state index < -0.39 is 0 Å². The van der Waals surface area contributed by atoms with Gasteiger partial charge in [-0.1, -0.05) is 18.2 Å². The van der Waals surface area contributed by atoms with Crippen LogP contribution < -0.4 is 0 Å². The average molecular weight is 212 g/mol. The van der Waals surface area contributed by atoms with Crippen LogP contribution >= 0.6 is 0 Å². The molecule has 0 aliphatic heterocycles. The van der Waals surface area contributed by atoms with Crippen molar-refractivity contribution in [1.29, 1.82) is 0 Å². The molecule has 1 N–H and O–H groups in total. The maximum Gasteiger partial charge on any atom is 0.137 e. The van der Waals surface area contributed by atoms with Crippen LogP contribution in [0.25, 0.3) is 22.2 Å². The summed E-state index contributed by atoms with van der Waals surface area (Å²) in [4.78, 5) is 7.22. The number of H-pyrrole nitrogens is 1. The molecule has 16 heavy (non-hydrogen) atoms. The highest BCUT2D eigenvalue weighted by Crippen LogP contribution is 2.28. The molecule has 3 rings (SSSR count). The van der Waals surface area contributed by atoms with Crippen molar-refractivity contribution in [3.8, 4) is 11.1 Å². The van der Waals surface area contributed by atoms with Gasteiger partial charge in [-0.3, -0.25) is 0 Å². The number of hydrogen-bond acceptors (Lipinski definition) is 1. The Morgan fingerprint density at radius 2 is 1.88 bits per heavy atom. The van der Waals surface area contributed by atoms with Crippen molar-refractivity contribution < 1.29 is 4.39 Å². The molecule has 2 aromatic heterocycles. The van der Waals surface area contributed by atoms with Crippen LogP contribution in [0.15, 0.2) is 48.8 Å². The number of pyridine rings is 1. The minimum absolute atomic E-state index is 0.216. The van der Waals surface area contributed by atoms with Gasteiger partial charge in [-0.15, -0.1) is 0 Å². The normalized spacial score (nSPS) is 10.8. The standard InChI is InChI=1S/C13H9FN2/c14-12-6-2-1-4-9(12)11-8-16-13-10(11)5-3-7-15-13/h1-8H,(H,15,16). The number of hydrogen-bond donors (Lipinski definition) is 1. The van der Waals surface area contributed by atoms with Gasteiger partial charge in [0.05, 0.1) is 0 Å². The highest BCUT2D eigenvalue weighted by Gasteiger charge is 2.09. The van der Waals surface area contributed by atoms with Gasteiger partial charge in [0.1, 0.15) is 11.5 Å². The van der Waals surface area contributed by atoms with Gasteiger partial charge in [-0.05, 0) is 18.2 Å². The Bertz CT molecular complexity index is 643. The lowest BCUT2D eigenvalue weighted by molar-refractivity contribution is 0.631. The fourth-order valence-electron chi connectivity index (χ4n) is 1.86. The Hall–Kier alpha value is -2.16. The van der Waals surface area contributed by atoms with Gasteiger partial charge in [0.2, 0.25) is 0 Å². The Kier molecular flexibility index (Phi) is 1.96. The van der Waals surface area contributed by atoms with E-state index >= 15 is 0 Å². The third-order valence-corrected chi connectivity index (χ3v) is 2.62. The van der Waals surface area contributed by atoms with Crippen molar-refractivity contribution >= 4 is 11.0 Å². The van der Waals surface area contributed by atoms with Gasteiger partial charge >= 0.3 is 0 Å². The summed E-state index contributed by atoms with van der Waals surface area (Å²) < 4.78 is 13.6. The lowest BCUT2D eigenvalue weighted by Crippen LogP contribution is -1.81. The fraction of sp³-hybridized carbons (Fsp3) is 0. The quantitative estimate of drug-likeness (QED) is 0.658. The second-order valence-corrected chi connectivity index (χ2v) is 3.58. The van der Waals surface area contributed by atoms with Gasteiger partial charge in [0.25, 0.3) is 0 Å². The molecule has 0 aliphatic rings. The summed E-state index contributed by atoms with van der Waals surface area (Å²) in [5.41, 5.74) is 2.23. The molecule has 1 aromatic carbocycles. The predicted octanol–water partition coefficient (Wildman–Crippen LogP) is 3.37. The predicted molar refractivity (Wildman–Crippen MR) is 61.5 cm³/mol. The van der Waals surface area contributed by atoms with Gasteiger partial charge in [0.15, 0.2) is 0 Å². The zero-order valence-electron chi connectivity index (χ0n) is 8.44. The average Bonchev–Trinajstić information content (AvgIpc) is 2.74. The van der Waals surface area contributed by atoms with Crippen LogP contribution in [-0.4, -0.2) is 9.97 Å². The molecule has 0 amide bonds. The molecule has 0 bridgehead atoms. The maximum absolute atomic E-state index is 13.6. The number of nitrogens with zero attached hydrogens (tertiary/aromatic N) is 1. The Morgan fingerprint density at radius 1 is 1.00 bits per heavy atom. The summed E-state index contributed by atoms with van der Waals surface area (Å²) in [7, 11) is 0. The molecule has 3 heteroatoms. The summed E-state index contributed by atoms with van der Waals surface area (Å²) >= 11 is 0. The minimum atomic E-state index is -0.216. The van der Waals surface area contributed by atoms with E-state index in [2.05, 4.69) is 9.97 Å². The zero-order valence-corrected chi connectivity index (χ0v) is 8.44. The first-order valence-corrected chi connectivity index (χ1v) is 5.03. The Balaban J connectivity index is 2.31. The van der Waals surface area contributed by atoms with Crippen molar-refractivity contribution in [1.82, 2.24) is 9.97 Å². The third-order valence-electron chi connectivity index (χ3n) is 2.62. The Labute approximate surface area is 91.8 Å². The monoisotopic (exact) mass is 212 g/mol. The van der Waals surface area contributed by atoms with Crippen molar-refractivity contribution in [3.63, 3.8) is 0 Å². The smallest absolute Gasteiger partial charge is 0.137 e. The number of benzene rings is 1. The summed E-state index contributed by atoms with van der Waals surface area (Å²) in [5.74, 6) is -0.216. The molecule has 2 nitrogen and oxygen atoms in total. The molecule has 78 valence electrons. The first kappa shape index (κ1) is 9.09. The van der Waals surface area contributed by atoms with E-state index in [9.17, 15) is 4.39 Å². The van der Waals surface area contributed by atoms with E-state index in [1.54, 1.807) is 24.5 Å². The van der Waals surface area contributed by atoms with E-state index in [0.29, 0.717) is 5.56 Å². The van der Waals surface area contributed by atoms with Crippen LogP contribution in [-0.2, 0) is 0 Å². The molecule has 0 saturated heterocycles. The SMILES string of the molecule is Fc1ccccc1-c1c[nH]c2ncccc12. The Morgan fingerprint density at radius 3 is 2.75 bits per heavy atom. The van der Waals surface area contributed by atoms with Crippen molar-refractivity contribution in [2.24, 2.45) is 0 Å². The van der Waals surface area contributed by atoms with Crippen LogP contribution in [0.5, 0.6) is 0 Å². The number of rotatable bonds is 1. The molecule has 0 fully saturated rings. The second kappa shape index (κ2) is 3.45. The number of aromatic nitrogens is 2. The molecule has 0 unspecified atom stereocenters. The van der Waals surface area contributed by atoms with Crippen LogP contribution in [0.4, 0.5) is 4.39 Å². The molecule has 0 radical (unpaired) electrons. The minimum Gasteiger partial charge on any atom is -0.346 e. The van der Waals surface area contributed by atoms with Crippen molar-refractivity contribution in [2.75, 3.05) is 0 Å². The van der Waals surface area contributed by atoms with Gasteiger partial charge in [-0.25, -0.2) is 9.37 Å². The fourth-order valence-corrected chi connectivity index (χ4v) is 1.86. The lowest BCUT2D eigenvalue weighted by Gasteiger charge is -2.00. The van der Waals surface area contributed by atoms with E-state index in [1.165, 1.54) is 6.07 Å². The number of nitrogens with one attached hydrogen (secondary N) is 1. The maximum atomic E-state index is 13.6. The van der Waals surface area contributed by atoms with Crippen LogP contribution in [0.1, 0.15) is 0 Å². The first-order chi connectivity index (χ1) is 7.86. The molecule has 0 spiro atoms. The van der Waals surface area contributed by atoms with E-state index in [1.807, 2.05) is 18.2 Å². The summed E-state index contributed by atoms with van der Waals surface area (Å²) in [6, 6.07) is 10.5. The summed E-state index contributed by atoms with van der Waals surface area (Å²) in [5, 5.41) is 0.938. The highest BCUT2D eigenvalue weighted by molar-refractivity contribution is 5.93. The zero-order chi connectivity index (χ0) is 11.0. The summed E-state index contributed by atoms with van der Waals surface area (Å²) in [6.45, 7) is 0. The van der Waals surface area contributed by atoms with Crippen molar-refractivity contribution in [2.45, 2.75) is 0 Å². The van der Waals surface area contributed by atoms with E-state index in [0.717, 1.165) is 16.6 Å². The van der Waals surface area contributed by atoms with E-state index in [4.69, 9.17) is 0 Å². The van der Waals surface area contributed by atoms with Gasteiger partial charge in [-0.2, -0.15) is 0 Å². The number of fused-ring (bicyclic) bond motifs is 1. The molecule has 3 aromatic rings. The first-order valence-electron chi connectivity index (χ1n) is 5.03. The molecule has 0 saturated carbocycles. The molecule has 2 heterocycles. The molecular formula is C13H9FN2. The number of aromatic amines is 1. The van der Waals surface area contributed by atoms with Gasteiger partial charge in [0, 0.05) is 28.9 Å².